The number of rotatable bonds is 9. The lowest BCUT2D eigenvalue weighted by molar-refractivity contribution is -0.147. The topological polar surface area (TPSA) is 102 Å². The van der Waals surface area contributed by atoms with Gasteiger partial charge in [0, 0.05) is 6.61 Å². The Kier molecular flexibility index (Phi) is 8.52. The molecule has 0 saturated carbocycles. The summed E-state index contributed by atoms with van der Waals surface area (Å²) in [6, 6.07) is -1.14. The molecule has 0 aliphatic carbocycles. The Hall–Kier alpha value is -1.63. The van der Waals surface area contributed by atoms with Gasteiger partial charge in [0.15, 0.2) is 0 Å². The summed E-state index contributed by atoms with van der Waals surface area (Å²) in [5, 5.41) is 11.4. The first-order chi connectivity index (χ1) is 8.92. The molecule has 0 spiro atoms. The van der Waals surface area contributed by atoms with Crippen molar-refractivity contribution in [2.75, 3.05) is 19.8 Å². The van der Waals surface area contributed by atoms with Crippen molar-refractivity contribution in [1.29, 1.82) is 0 Å². The highest BCUT2D eigenvalue weighted by Crippen LogP contribution is 2.10. The van der Waals surface area contributed by atoms with Crippen molar-refractivity contribution < 1.29 is 29.0 Å². The highest BCUT2D eigenvalue weighted by Gasteiger charge is 2.28. The van der Waals surface area contributed by atoms with E-state index in [1.165, 1.54) is 0 Å². The quantitative estimate of drug-likeness (QED) is 0.582. The summed E-state index contributed by atoms with van der Waals surface area (Å²) in [7, 11) is 0. The fourth-order valence-electron chi connectivity index (χ4n) is 1.46. The van der Waals surface area contributed by atoms with Gasteiger partial charge in [-0.25, -0.2) is 4.79 Å². The van der Waals surface area contributed by atoms with Crippen LogP contribution in [-0.2, 0) is 23.9 Å². The zero-order valence-corrected chi connectivity index (χ0v) is 11.5. The molecule has 2 atom stereocenters. The van der Waals surface area contributed by atoms with Crippen LogP contribution in [0.1, 0.15) is 27.2 Å². The second-order valence-electron chi connectivity index (χ2n) is 4.01. The molecule has 0 saturated heterocycles. The van der Waals surface area contributed by atoms with Crippen molar-refractivity contribution in [2.45, 2.75) is 33.2 Å². The number of nitrogens with one attached hydrogen (secondary N) is 1. The van der Waals surface area contributed by atoms with Crippen LogP contribution in [0.3, 0.4) is 0 Å². The second-order valence-corrected chi connectivity index (χ2v) is 4.01. The van der Waals surface area contributed by atoms with Crippen molar-refractivity contribution in [3.8, 4) is 0 Å². The van der Waals surface area contributed by atoms with E-state index in [2.05, 4.69) is 5.32 Å². The van der Waals surface area contributed by atoms with E-state index in [4.69, 9.17) is 14.6 Å². The summed E-state index contributed by atoms with van der Waals surface area (Å²) < 4.78 is 9.62. The summed E-state index contributed by atoms with van der Waals surface area (Å²) in [4.78, 5) is 33.8. The van der Waals surface area contributed by atoms with Crippen LogP contribution >= 0.6 is 0 Å². The third-order valence-electron chi connectivity index (χ3n) is 2.38. The lowest BCUT2D eigenvalue weighted by Crippen LogP contribution is -2.47. The summed E-state index contributed by atoms with van der Waals surface area (Å²) >= 11 is 0. The van der Waals surface area contributed by atoms with Crippen molar-refractivity contribution in [3.63, 3.8) is 0 Å². The Morgan fingerprint density at radius 1 is 1.21 bits per heavy atom. The van der Waals surface area contributed by atoms with Crippen molar-refractivity contribution in [3.05, 3.63) is 0 Å². The van der Waals surface area contributed by atoms with E-state index in [0.717, 1.165) is 0 Å². The predicted octanol–water partition coefficient (Wildman–Crippen LogP) is 0.182. The van der Waals surface area contributed by atoms with E-state index >= 15 is 0 Å². The molecule has 0 unspecified atom stereocenters. The van der Waals surface area contributed by atoms with Crippen molar-refractivity contribution in [2.24, 2.45) is 5.92 Å². The highest BCUT2D eigenvalue weighted by atomic mass is 16.5. The second kappa shape index (κ2) is 9.32. The molecular weight excluding hydrogens is 254 g/mol. The van der Waals surface area contributed by atoms with E-state index in [9.17, 15) is 14.4 Å². The number of carbonyl (C=O) groups excluding carboxylic acids is 2. The van der Waals surface area contributed by atoms with Gasteiger partial charge in [-0.2, -0.15) is 0 Å². The number of hydrogen-bond acceptors (Lipinski definition) is 5. The Labute approximate surface area is 112 Å². The highest BCUT2D eigenvalue weighted by molar-refractivity contribution is 5.85. The van der Waals surface area contributed by atoms with Crippen LogP contribution in [0.5, 0.6) is 0 Å². The average Bonchev–Trinajstić information content (AvgIpc) is 2.32. The number of carbonyl (C=O) groups is 3. The molecule has 19 heavy (non-hydrogen) atoms. The molecule has 0 fully saturated rings. The van der Waals surface area contributed by atoms with Crippen molar-refractivity contribution >= 4 is 17.8 Å². The van der Waals surface area contributed by atoms with E-state index < -0.39 is 29.8 Å². The average molecular weight is 275 g/mol. The monoisotopic (exact) mass is 275 g/mol. The van der Waals surface area contributed by atoms with Gasteiger partial charge in [0.1, 0.15) is 12.6 Å². The number of esters is 1. The fourth-order valence-corrected chi connectivity index (χ4v) is 1.46. The van der Waals surface area contributed by atoms with Gasteiger partial charge in [-0.05, 0) is 19.8 Å². The van der Waals surface area contributed by atoms with Crippen LogP contribution in [0, 0.1) is 5.92 Å². The van der Waals surface area contributed by atoms with E-state index in [0.29, 0.717) is 6.61 Å². The lowest BCUT2D eigenvalue weighted by atomic mass is 9.98. The Balaban J connectivity index is 4.42. The van der Waals surface area contributed by atoms with Gasteiger partial charge in [-0.1, -0.05) is 6.92 Å². The lowest BCUT2D eigenvalue weighted by Gasteiger charge is -2.20. The summed E-state index contributed by atoms with van der Waals surface area (Å²) in [6.45, 7) is 5.36. The maximum absolute atomic E-state index is 11.4. The molecule has 0 aromatic heterocycles. The smallest absolute Gasteiger partial charge is 0.326 e. The Morgan fingerprint density at radius 2 is 1.84 bits per heavy atom. The van der Waals surface area contributed by atoms with Gasteiger partial charge in [0.2, 0.25) is 5.91 Å². The number of aliphatic carboxylic acids is 1. The molecule has 0 aliphatic heterocycles. The van der Waals surface area contributed by atoms with Gasteiger partial charge in [0.05, 0.1) is 13.0 Å². The van der Waals surface area contributed by atoms with Gasteiger partial charge in [-0.3, -0.25) is 9.59 Å². The number of amides is 1. The normalized spacial score (nSPS) is 13.4. The van der Waals surface area contributed by atoms with E-state index in [1.807, 2.05) is 0 Å². The first-order valence-electron chi connectivity index (χ1n) is 6.17. The number of hydrogen-bond donors (Lipinski definition) is 2. The Bertz CT molecular complexity index is 317. The number of carboxylic acid groups (broad SMARTS) is 1. The molecule has 0 aromatic rings. The van der Waals surface area contributed by atoms with Crippen LogP contribution in [0.4, 0.5) is 0 Å². The third-order valence-corrected chi connectivity index (χ3v) is 2.38. The zero-order valence-electron chi connectivity index (χ0n) is 11.5. The molecule has 110 valence electrons. The summed E-state index contributed by atoms with van der Waals surface area (Å²) in [6.07, 6.45) is -0.0697. The molecule has 2 N–H and O–H groups in total. The molecule has 7 heteroatoms. The minimum Gasteiger partial charge on any atom is -0.480 e. The van der Waals surface area contributed by atoms with Crippen LogP contribution in [0.2, 0.25) is 0 Å². The van der Waals surface area contributed by atoms with E-state index in [-0.39, 0.29) is 19.6 Å². The molecule has 0 bridgehead atoms. The van der Waals surface area contributed by atoms with Gasteiger partial charge in [-0.15, -0.1) is 0 Å². The Morgan fingerprint density at radius 3 is 2.32 bits per heavy atom. The van der Waals surface area contributed by atoms with E-state index in [1.54, 1.807) is 20.8 Å². The standard InChI is InChI=1S/C12H21NO6/c1-4-18-7-9(14)13-11(12(16)17)8(3)6-10(15)19-5-2/h8,11H,4-7H2,1-3H3,(H,13,14)(H,16,17)/t8-,11+/m1/s1. The van der Waals surface area contributed by atoms with Crippen molar-refractivity contribution in [1.82, 2.24) is 5.32 Å². The molecule has 0 radical (unpaired) electrons. The van der Waals surface area contributed by atoms with Crippen LogP contribution in [0.15, 0.2) is 0 Å². The maximum atomic E-state index is 11.4. The minimum atomic E-state index is -1.19. The molecule has 0 rings (SSSR count). The SMILES string of the molecule is CCOCC(=O)N[C@H](C(=O)O)[C@H](C)CC(=O)OCC. The number of ether oxygens (including phenoxy) is 2. The van der Waals surface area contributed by atoms with Gasteiger partial charge < -0.3 is 19.9 Å². The fraction of sp³-hybridized carbons (Fsp3) is 0.750. The molecule has 0 aliphatic rings. The van der Waals surface area contributed by atoms with Crippen LogP contribution in [-0.4, -0.2) is 48.8 Å². The molecule has 0 aromatic carbocycles. The van der Waals surface area contributed by atoms with Crippen LogP contribution < -0.4 is 5.32 Å². The largest absolute Gasteiger partial charge is 0.480 e. The summed E-state index contributed by atoms with van der Waals surface area (Å²) in [5.41, 5.74) is 0. The number of carboxylic acids is 1. The summed E-state index contributed by atoms with van der Waals surface area (Å²) in [5.74, 6) is -2.77. The van der Waals surface area contributed by atoms with Gasteiger partial charge >= 0.3 is 11.9 Å². The molecular formula is C12H21NO6. The zero-order chi connectivity index (χ0) is 14.8. The maximum Gasteiger partial charge on any atom is 0.326 e. The molecule has 1 amide bonds. The first kappa shape index (κ1) is 17.4. The predicted molar refractivity (Wildman–Crippen MR) is 66.5 cm³/mol. The molecule has 7 nitrogen and oxygen atoms in total. The first-order valence-corrected chi connectivity index (χ1v) is 6.17. The third kappa shape index (κ3) is 7.40. The molecule has 0 heterocycles. The van der Waals surface area contributed by atoms with Gasteiger partial charge in [0.25, 0.3) is 0 Å². The van der Waals surface area contributed by atoms with Crippen LogP contribution in [0.25, 0.3) is 0 Å². The minimum absolute atomic E-state index is 0.0697.